The fourth-order valence-electron chi connectivity index (χ4n) is 2.19. The number of oxime groups is 1. The van der Waals surface area contributed by atoms with Crippen LogP contribution in [0.4, 0.5) is 5.13 Å². The Balaban J connectivity index is 1.91. The Morgan fingerprint density at radius 3 is 3.21 bits per heavy atom. The molecule has 1 saturated carbocycles. The number of aromatic nitrogens is 1. The van der Waals surface area contributed by atoms with Crippen LogP contribution in [0, 0.1) is 0 Å². The predicted molar refractivity (Wildman–Crippen MR) is 73.1 cm³/mol. The summed E-state index contributed by atoms with van der Waals surface area (Å²) >= 11 is 1.43. The molecule has 0 aromatic carbocycles. The molecule has 1 heterocycles. The van der Waals surface area contributed by atoms with Gasteiger partial charge in [-0.2, -0.15) is 0 Å². The Morgan fingerprint density at radius 2 is 2.53 bits per heavy atom. The molecule has 1 aliphatic carbocycles. The van der Waals surface area contributed by atoms with E-state index in [0.29, 0.717) is 11.7 Å². The highest BCUT2D eigenvalue weighted by Gasteiger charge is 2.32. The maximum atomic E-state index is 11.1. The third-order valence-corrected chi connectivity index (χ3v) is 3.71. The van der Waals surface area contributed by atoms with Gasteiger partial charge in [-0.05, 0) is 26.2 Å². The van der Waals surface area contributed by atoms with Gasteiger partial charge in [0.25, 0.3) is 0 Å². The van der Waals surface area contributed by atoms with Gasteiger partial charge in [0.2, 0.25) is 0 Å². The number of carbonyl (C=O) groups excluding carboxylic acids is 1. The zero-order valence-electron chi connectivity index (χ0n) is 10.7. The van der Waals surface area contributed by atoms with Gasteiger partial charge in [0.05, 0.1) is 12.3 Å². The van der Waals surface area contributed by atoms with E-state index in [1.165, 1.54) is 11.3 Å². The Morgan fingerprint density at radius 1 is 1.68 bits per heavy atom. The van der Waals surface area contributed by atoms with Crippen LogP contribution in [-0.4, -0.2) is 29.9 Å². The fraction of sp³-hybridized carbons (Fsp3) is 0.583. The zero-order valence-corrected chi connectivity index (χ0v) is 11.6. The van der Waals surface area contributed by atoms with Crippen molar-refractivity contribution in [3.63, 3.8) is 0 Å². The van der Waals surface area contributed by atoms with Gasteiger partial charge in [-0.3, -0.25) is 0 Å². The molecule has 0 amide bonds. The Kier molecular flexibility index (Phi) is 4.73. The number of rotatable bonds is 5. The van der Waals surface area contributed by atoms with Gasteiger partial charge < -0.3 is 15.3 Å². The lowest BCUT2D eigenvalue weighted by atomic mass is 10.0. The normalized spacial score (nSPS) is 22.8. The summed E-state index contributed by atoms with van der Waals surface area (Å²) in [6.07, 6.45) is 3.98. The van der Waals surface area contributed by atoms with Gasteiger partial charge in [-0.25, -0.2) is 9.78 Å². The molecule has 2 N–H and O–H groups in total. The minimum absolute atomic E-state index is 0.0489. The van der Waals surface area contributed by atoms with Crippen molar-refractivity contribution in [3.05, 3.63) is 11.1 Å². The number of nitrogen functional groups attached to an aromatic ring is 1. The summed E-state index contributed by atoms with van der Waals surface area (Å²) in [4.78, 5) is 20.8. The highest BCUT2D eigenvalue weighted by atomic mass is 32.1. The van der Waals surface area contributed by atoms with Crippen LogP contribution in [0.15, 0.2) is 10.5 Å². The van der Waals surface area contributed by atoms with Gasteiger partial charge in [-0.15, -0.1) is 11.3 Å². The summed E-state index contributed by atoms with van der Waals surface area (Å²) < 4.78 is 4.73. The van der Waals surface area contributed by atoms with E-state index < -0.39 is 5.97 Å². The molecular weight excluding hydrogens is 266 g/mol. The zero-order chi connectivity index (χ0) is 13.7. The number of esters is 1. The number of anilines is 1. The van der Waals surface area contributed by atoms with Crippen molar-refractivity contribution in [2.24, 2.45) is 5.16 Å². The first-order valence-corrected chi connectivity index (χ1v) is 7.15. The number of carbonyl (C=O) groups is 1. The average molecular weight is 283 g/mol. The van der Waals surface area contributed by atoms with Crippen LogP contribution < -0.4 is 5.73 Å². The van der Waals surface area contributed by atoms with Crippen LogP contribution in [0.1, 0.15) is 37.8 Å². The first-order valence-electron chi connectivity index (χ1n) is 6.27. The SMILES string of the molecule is CCOC(=O)/C=N/OC1CCCC1c1csc(N)n1. The molecule has 0 bridgehead atoms. The Labute approximate surface area is 115 Å². The van der Waals surface area contributed by atoms with Crippen LogP contribution in [0.25, 0.3) is 0 Å². The predicted octanol–water partition coefficient (Wildman–Crippen LogP) is 1.93. The van der Waals surface area contributed by atoms with E-state index in [0.717, 1.165) is 31.2 Å². The van der Waals surface area contributed by atoms with E-state index in [1.54, 1.807) is 6.92 Å². The molecule has 0 radical (unpaired) electrons. The van der Waals surface area contributed by atoms with Gasteiger partial charge in [0, 0.05) is 11.3 Å². The molecule has 0 spiro atoms. The summed E-state index contributed by atoms with van der Waals surface area (Å²) in [5, 5.41) is 6.22. The lowest BCUT2D eigenvalue weighted by molar-refractivity contribution is -0.134. The van der Waals surface area contributed by atoms with Crippen LogP contribution in [0.3, 0.4) is 0 Å². The van der Waals surface area contributed by atoms with Crippen molar-refractivity contribution in [2.75, 3.05) is 12.3 Å². The molecule has 0 saturated heterocycles. The van der Waals surface area contributed by atoms with E-state index in [2.05, 4.69) is 10.1 Å². The van der Waals surface area contributed by atoms with Crippen LogP contribution >= 0.6 is 11.3 Å². The Bertz CT molecular complexity index is 461. The molecule has 1 aliphatic rings. The highest BCUT2D eigenvalue weighted by molar-refractivity contribution is 7.13. The molecule has 7 heteroatoms. The minimum Gasteiger partial charge on any atom is -0.462 e. The molecule has 1 aromatic rings. The third kappa shape index (κ3) is 3.66. The van der Waals surface area contributed by atoms with Crippen LogP contribution in [0.5, 0.6) is 0 Å². The van der Waals surface area contributed by atoms with E-state index in [9.17, 15) is 4.79 Å². The summed E-state index contributed by atoms with van der Waals surface area (Å²) in [6.45, 7) is 2.07. The average Bonchev–Trinajstić information content (AvgIpc) is 2.98. The second-order valence-electron chi connectivity index (χ2n) is 4.28. The number of ether oxygens (including phenoxy) is 1. The number of nitrogens with two attached hydrogens (primary N) is 1. The summed E-state index contributed by atoms with van der Waals surface area (Å²) in [5.74, 6) is -0.289. The molecule has 0 aliphatic heterocycles. The van der Waals surface area contributed by atoms with E-state index in [-0.39, 0.29) is 12.0 Å². The molecule has 104 valence electrons. The minimum atomic E-state index is -0.491. The monoisotopic (exact) mass is 283 g/mol. The maximum absolute atomic E-state index is 11.1. The second-order valence-corrected chi connectivity index (χ2v) is 5.17. The number of nitrogens with zero attached hydrogens (tertiary/aromatic N) is 2. The van der Waals surface area contributed by atoms with Gasteiger partial charge >= 0.3 is 5.97 Å². The largest absolute Gasteiger partial charge is 0.462 e. The molecule has 1 fully saturated rings. The van der Waals surface area contributed by atoms with Gasteiger partial charge in [-0.1, -0.05) is 5.16 Å². The smallest absolute Gasteiger partial charge is 0.352 e. The van der Waals surface area contributed by atoms with Crippen molar-refractivity contribution in [2.45, 2.75) is 38.2 Å². The van der Waals surface area contributed by atoms with Crippen LogP contribution in [-0.2, 0) is 14.4 Å². The van der Waals surface area contributed by atoms with Gasteiger partial charge in [0.1, 0.15) is 6.10 Å². The molecule has 2 unspecified atom stereocenters. The van der Waals surface area contributed by atoms with Crippen molar-refractivity contribution in [3.8, 4) is 0 Å². The molecule has 2 rings (SSSR count). The van der Waals surface area contributed by atoms with Crippen molar-refractivity contribution in [1.82, 2.24) is 4.98 Å². The summed E-state index contributed by atoms with van der Waals surface area (Å²) in [6, 6.07) is 0. The summed E-state index contributed by atoms with van der Waals surface area (Å²) in [5.41, 5.74) is 6.60. The highest BCUT2D eigenvalue weighted by Crippen LogP contribution is 2.37. The van der Waals surface area contributed by atoms with E-state index in [4.69, 9.17) is 15.3 Å². The number of hydrogen-bond acceptors (Lipinski definition) is 7. The lowest BCUT2D eigenvalue weighted by Crippen LogP contribution is -2.15. The Hall–Kier alpha value is -1.63. The summed E-state index contributed by atoms with van der Waals surface area (Å²) in [7, 11) is 0. The molecule has 19 heavy (non-hydrogen) atoms. The van der Waals surface area contributed by atoms with Gasteiger partial charge in [0.15, 0.2) is 11.3 Å². The van der Waals surface area contributed by atoms with Crippen LogP contribution in [0.2, 0.25) is 0 Å². The number of thiazole rings is 1. The third-order valence-electron chi connectivity index (χ3n) is 3.01. The van der Waals surface area contributed by atoms with E-state index in [1.807, 2.05) is 5.38 Å². The van der Waals surface area contributed by atoms with Crippen molar-refractivity contribution in [1.29, 1.82) is 0 Å². The standard InChI is InChI=1S/C12H17N3O3S/c1-2-17-11(16)6-14-18-10-5-3-4-8(10)9-7-19-12(13)15-9/h6-8,10H,2-5H2,1H3,(H2,13,15)/b14-6+. The first kappa shape index (κ1) is 13.8. The number of hydrogen-bond donors (Lipinski definition) is 1. The van der Waals surface area contributed by atoms with Crippen molar-refractivity contribution < 1.29 is 14.4 Å². The molecule has 6 nitrogen and oxygen atoms in total. The van der Waals surface area contributed by atoms with Crippen molar-refractivity contribution >= 4 is 28.7 Å². The maximum Gasteiger partial charge on any atom is 0.352 e. The second kappa shape index (κ2) is 6.51. The molecular formula is C12H17N3O3S. The first-order chi connectivity index (χ1) is 9.20. The topological polar surface area (TPSA) is 86.8 Å². The molecule has 1 aromatic heterocycles. The fourth-order valence-corrected chi connectivity index (χ4v) is 2.82. The lowest BCUT2D eigenvalue weighted by Gasteiger charge is -2.15. The van der Waals surface area contributed by atoms with E-state index >= 15 is 0 Å². The quantitative estimate of drug-likeness (QED) is 0.507. The molecule has 2 atom stereocenters.